The van der Waals surface area contributed by atoms with Gasteiger partial charge in [0.1, 0.15) is 0 Å². The molecule has 5 nitrogen and oxygen atoms in total. The number of sulfonamides is 1. The van der Waals surface area contributed by atoms with Crippen molar-refractivity contribution in [3.8, 4) is 0 Å². The quantitative estimate of drug-likeness (QED) is 0.702. The van der Waals surface area contributed by atoms with Gasteiger partial charge in [-0.1, -0.05) is 23.7 Å². The third-order valence-corrected chi connectivity index (χ3v) is 5.08. The molecule has 150 valence electrons. The molecule has 0 radical (unpaired) electrons. The Hall–Kier alpha value is -2.36. The van der Waals surface area contributed by atoms with Crippen LogP contribution >= 0.6 is 11.6 Å². The molecule has 28 heavy (non-hydrogen) atoms. The van der Waals surface area contributed by atoms with Crippen LogP contribution < -0.4 is 10.5 Å². The minimum Gasteiger partial charge on any atom is -0.346 e. The van der Waals surface area contributed by atoms with Crippen LogP contribution in [0.15, 0.2) is 53.4 Å². The molecule has 0 aliphatic carbocycles. The first-order valence-electron chi connectivity index (χ1n) is 7.86. The zero-order valence-electron chi connectivity index (χ0n) is 14.5. The van der Waals surface area contributed by atoms with Gasteiger partial charge in [0.25, 0.3) is 0 Å². The maximum Gasteiger partial charge on any atom is 0.416 e. The van der Waals surface area contributed by atoms with Crippen LogP contribution in [-0.2, 0) is 21.0 Å². The molecule has 2 aromatic rings. The number of primary sulfonamides is 1. The Labute approximate surface area is 165 Å². The van der Waals surface area contributed by atoms with Gasteiger partial charge < -0.3 is 5.32 Å². The highest BCUT2D eigenvalue weighted by Gasteiger charge is 2.30. The molecular weight excluding hydrogens is 417 g/mol. The number of halogens is 4. The molecule has 0 saturated carbocycles. The Morgan fingerprint density at radius 2 is 1.79 bits per heavy atom. The maximum absolute atomic E-state index is 12.8. The van der Waals surface area contributed by atoms with Crippen LogP contribution in [-0.4, -0.2) is 14.3 Å². The van der Waals surface area contributed by atoms with Gasteiger partial charge in [-0.05, 0) is 54.5 Å². The maximum atomic E-state index is 12.8. The van der Waals surface area contributed by atoms with E-state index in [4.69, 9.17) is 16.7 Å². The summed E-state index contributed by atoms with van der Waals surface area (Å²) in [6, 6.07) is 7.95. The molecule has 0 spiro atoms. The first-order chi connectivity index (χ1) is 12.9. The molecule has 1 amide bonds. The Kier molecular flexibility index (Phi) is 6.53. The lowest BCUT2D eigenvalue weighted by molar-refractivity contribution is -0.137. The van der Waals surface area contributed by atoms with Crippen LogP contribution in [0.3, 0.4) is 0 Å². The average Bonchev–Trinajstić information content (AvgIpc) is 2.59. The standard InChI is InChI=1S/C18H16ClF3N2O3S/c1-11(12-2-6-15(7-3-12)28(23,26)27)24-17(25)9-4-13-10-14(18(20,21)22)5-8-16(13)19/h2-11H,1H3,(H,24,25)(H2,23,26,27)/b9-4+. The molecule has 0 saturated heterocycles. The van der Waals surface area contributed by atoms with Gasteiger partial charge in [-0.25, -0.2) is 13.6 Å². The second kappa shape index (κ2) is 8.34. The van der Waals surface area contributed by atoms with Crippen molar-refractivity contribution >= 4 is 33.6 Å². The summed E-state index contributed by atoms with van der Waals surface area (Å²) in [5, 5.41) is 7.71. The lowest BCUT2D eigenvalue weighted by atomic mass is 10.1. The van der Waals surface area contributed by atoms with E-state index in [0.717, 1.165) is 24.3 Å². The second-order valence-electron chi connectivity index (χ2n) is 5.91. The van der Waals surface area contributed by atoms with E-state index < -0.39 is 33.7 Å². The van der Waals surface area contributed by atoms with Gasteiger partial charge in [0.05, 0.1) is 16.5 Å². The number of amides is 1. The Morgan fingerprint density at radius 1 is 1.18 bits per heavy atom. The van der Waals surface area contributed by atoms with Crippen molar-refractivity contribution in [3.05, 3.63) is 70.3 Å². The van der Waals surface area contributed by atoms with E-state index in [1.807, 2.05) is 0 Å². The van der Waals surface area contributed by atoms with E-state index in [1.54, 1.807) is 6.92 Å². The predicted octanol–water partition coefficient (Wildman–Crippen LogP) is 3.90. The summed E-state index contributed by atoms with van der Waals surface area (Å²) in [6.45, 7) is 1.66. The third kappa shape index (κ3) is 5.82. The van der Waals surface area contributed by atoms with Crippen LogP contribution in [0.25, 0.3) is 6.08 Å². The van der Waals surface area contributed by atoms with Crippen molar-refractivity contribution in [2.24, 2.45) is 5.14 Å². The highest BCUT2D eigenvalue weighted by Crippen LogP contribution is 2.32. The Bertz CT molecular complexity index is 1000. The average molecular weight is 433 g/mol. The van der Waals surface area contributed by atoms with Crippen LogP contribution in [0.5, 0.6) is 0 Å². The van der Waals surface area contributed by atoms with Crippen molar-refractivity contribution in [3.63, 3.8) is 0 Å². The zero-order chi connectivity index (χ0) is 21.1. The normalized spacial score (nSPS) is 13.5. The fourth-order valence-electron chi connectivity index (χ4n) is 2.30. The Morgan fingerprint density at radius 3 is 2.32 bits per heavy atom. The highest BCUT2D eigenvalue weighted by atomic mass is 35.5. The third-order valence-electron chi connectivity index (χ3n) is 3.80. The number of rotatable bonds is 5. The fourth-order valence-corrected chi connectivity index (χ4v) is 3.00. The fraction of sp³-hybridized carbons (Fsp3) is 0.167. The Balaban J connectivity index is 2.09. The van der Waals surface area contributed by atoms with E-state index in [2.05, 4.69) is 5.32 Å². The number of carbonyl (C=O) groups excluding carboxylic acids is 1. The summed E-state index contributed by atoms with van der Waals surface area (Å²) in [4.78, 5) is 12.0. The number of nitrogens with two attached hydrogens (primary N) is 1. The first-order valence-corrected chi connectivity index (χ1v) is 9.78. The molecule has 2 aromatic carbocycles. The summed E-state index contributed by atoms with van der Waals surface area (Å²) >= 11 is 5.87. The SMILES string of the molecule is CC(NC(=O)/C=C/c1cc(C(F)(F)F)ccc1Cl)c1ccc(S(N)(=O)=O)cc1. The van der Waals surface area contributed by atoms with E-state index in [9.17, 15) is 26.4 Å². The van der Waals surface area contributed by atoms with Crippen molar-refractivity contribution in [2.75, 3.05) is 0 Å². The van der Waals surface area contributed by atoms with Crippen LogP contribution in [0.1, 0.15) is 29.7 Å². The monoisotopic (exact) mass is 432 g/mol. The second-order valence-corrected chi connectivity index (χ2v) is 7.88. The molecule has 0 aliphatic rings. The summed E-state index contributed by atoms with van der Waals surface area (Å²) in [7, 11) is -3.82. The largest absolute Gasteiger partial charge is 0.416 e. The summed E-state index contributed by atoms with van der Waals surface area (Å²) < 4.78 is 60.8. The lowest BCUT2D eigenvalue weighted by Crippen LogP contribution is -2.24. The molecule has 10 heteroatoms. The summed E-state index contributed by atoms with van der Waals surface area (Å²) in [5.41, 5.74) is -0.205. The van der Waals surface area contributed by atoms with Gasteiger partial charge in [-0.15, -0.1) is 0 Å². The van der Waals surface area contributed by atoms with Gasteiger partial charge in [-0.3, -0.25) is 4.79 Å². The number of hydrogen-bond donors (Lipinski definition) is 2. The molecule has 0 bridgehead atoms. The van der Waals surface area contributed by atoms with Crippen molar-refractivity contribution < 1.29 is 26.4 Å². The summed E-state index contributed by atoms with van der Waals surface area (Å²) in [6.07, 6.45) is -2.27. The van der Waals surface area contributed by atoms with Crippen LogP contribution in [0.4, 0.5) is 13.2 Å². The van der Waals surface area contributed by atoms with Crippen molar-refractivity contribution in [1.29, 1.82) is 0 Å². The minimum absolute atomic E-state index is 0.0526. The summed E-state index contributed by atoms with van der Waals surface area (Å²) in [5.74, 6) is -0.559. The molecule has 1 atom stereocenters. The van der Waals surface area contributed by atoms with Gasteiger partial charge in [0.15, 0.2) is 0 Å². The smallest absolute Gasteiger partial charge is 0.346 e. The molecule has 0 heterocycles. The highest BCUT2D eigenvalue weighted by molar-refractivity contribution is 7.89. The number of nitrogens with one attached hydrogen (secondary N) is 1. The topological polar surface area (TPSA) is 89.3 Å². The van der Waals surface area contributed by atoms with Crippen LogP contribution in [0, 0.1) is 0 Å². The zero-order valence-corrected chi connectivity index (χ0v) is 16.1. The number of hydrogen-bond acceptors (Lipinski definition) is 3. The van der Waals surface area contributed by atoms with Gasteiger partial charge in [0.2, 0.25) is 15.9 Å². The van der Waals surface area contributed by atoms with Gasteiger partial charge >= 0.3 is 6.18 Å². The van der Waals surface area contributed by atoms with E-state index in [0.29, 0.717) is 5.56 Å². The van der Waals surface area contributed by atoms with E-state index in [-0.39, 0.29) is 15.5 Å². The van der Waals surface area contributed by atoms with Crippen molar-refractivity contribution in [1.82, 2.24) is 5.32 Å². The molecule has 1 unspecified atom stereocenters. The van der Waals surface area contributed by atoms with Gasteiger partial charge in [-0.2, -0.15) is 13.2 Å². The molecule has 3 N–H and O–H groups in total. The molecule has 2 rings (SSSR count). The van der Waals surface area contributed by atoms with Crippen molar-refractivity contribution in [2.45, 2.75) is 24.0 Å². The molecule has 0 fully saturated rings. The molecular formula is C18H16ClF3N2O3S. The first kappa shape index (κ1) is 21.9. The number of alkyl halides is 3. The minimum atomic E-state index is -4.52. The molecule has 0 aromatic heterocycles. The van der Waals surface area contributed by atoms with E-state index in [1.165, 1.54) is 30.3 Å². The molecule has 0 aliphatic heterocycles. The van der Waals surface area contributed by atoms with E-state index >= 15 is 0 Å². The predicted molar refractivity (Wildman–Crippen MR) is 99.9 cm³/mol. The van der Waals surface area contributed by atoms with Gasteiger partial charge in [0, 0.05) is 11.1 Å². The van der Waals surface area contributed by atoms with Crippen LogP contribution in [0.2, 0.25) is 5.02 Å². The number of benzene rings is 2. The number of carbonyl (C=O) groups is 1. The lowest BCUT2D eigenvalue weighted by Gasteiger charge is -2.13.